The maximum atomic E-state index is 14.2. The number of benzene rings is 2. The number of hydrogen-bond acceptors (Lipinski definition) is 5. The summed E-state index contributed by atoms with van der Waals surface area (Å²) < 4.78 is 11.8. The van der Waals surface area contributed by atoms with Crippen LogP contribution in [0.1, 0.15) is 38.2 Å². The van der Waals surface area contributed by atoms with Gasteiger partial charge < -0.3 is 25.0 Å². The van der Waals surface area contributed by atoms with Gasteiger partial charge in [0.2, 0.25) is 17.7 Å². The number of nitrogens with zero attached hydrogens (tertiary/aromatic N) is 1. The van der Waals surface area contributed by atoms with Crippen LogP contribution < -0.4 is 15.4 Å². The van der Waals surface area contributed by atoms with Crippen molar-refractivity contribution in [2.45, 2.75) is 62.8 Å². The molecule has 8 nitrogen and oxygen atoms in total. The second-order valence-electron chi connectivity index (χ2n) is 11.6. The summed E-state index contributed by atoms with van der Waals surface area (Å²) in [7, 11) is 1.57. The molecule has 210 valence electrons. The zero-order valence-corrected chi connectivity index (χ0v) is 23.0. The first-order chi connectivity index (χ1) is 19.4. The van der Waals surface area contributed by atoms with Gasteiger partial charge in [0.25, 0.3) is 0 Å². The Morgan fingerprint density at radius 2 is 1.88 bits per heavy atom. The summed E-state index contributed by atoms with van der Waals surface area (Å²) in [5.41, 5.74) is 0.492. The molecule has 2 saturated heterocycles. The van der Waals surface area contributed by atoms with E-state index in [0.29, 0.717) is 30.3 Å². The summed E-state index contributed by atoms with van der Waals surface area (Å²) in [5, 5.41) is 6.24. The fraction of sp³-hybridized carbons (Fsp3) is 0.469. The topological polar surface area (TPSA) is 97.0 Å². The molecule has 1 aliphatic carbocycles. The molecule has 4 aliphatic rings. The molecule has 40 heavy (non-hydrogen) atoms. The zero-order valence-electron chi connectivity index (χ0n) is 23.0. The molecule has 2 aromatic rings. The van der Waals surface area contributed by atoms with Crippen LogP contribution in [0.2, 0.25) is 0 Å². The Morgan fingerprint density at radius 1 is 1.07 bits per heavy atom. The van der Waals surface area contributed by atoms with E-state index in [1.807, 2.05) is 42.5 Å². The van der Waals surface area contributed by atoms with Crippen LogP contribution in [0.15, 0.2) is 66.7 Å². The highest BCUT2D eigenvalue weighted by Crippen LogP contribution is 2.55. The zero-order chi connectivity index (χ0) is 27.9. The molecule has 3 heterocycles. The number of carbonyl (C=O) groups excluding carboxylic acids is 3. The van der Waals surface area contributed by atoms with Crippen molar-refractivity contribution < 1.29 is 23.9 Å². The number of anilines is 1. The van der Waals surface area contributed by atoms with Gasteiger partial charge in [-0.05, 0) is 42.9 Å². The molecule has 1 saturated carbocycles. The summed E-state index contributed by atoms with van der Waals surface area (Å²) in [6.45, 7) is 2.54. The van der Waals surface area contributed by atoms with Crippen LogP contribution >= 0.6 is 0 Å². The van der Waals surface area contributed by atoms with Gasteiger partial charge in [0.05, 0.1) is 25.0 Å². The predicted molar refractivity (Wildman–Crippen MR) is 151 cm³/mol. The molecule has 7 atom stereocenters. The molecule has 3 aliphatic heterocycles. The average molecular weight is 544 g/mol. The van der Waals surface area contributed by atoms with Crippen molar-refractivity contribution in [1.29, 1.82) is 0 Å². The summed E-state index contributed by atoms with van der Waals surface area (Å²) in [6, 6.07) is 16.3. The Kier molecular flexibility index (Phi) is 7.13. The Balaban J connectivity index is 1.29. The Labute approximate surface area is 235 Å². The van der Waals surface area contributed by atoms with Gasteiger partial charge in [0.1, 0.15) is 17.4 Å². The molecule has 2 aromatic carbocycles. The number of carbonyl (C=O) groups is 3. The molecular formula is C32H37N3O5. The van der Waals surface area contributed by atoms with Crippen LogP contribution in [-0.4, -0.2) is 60.1 Å². The number of ether oxygens (including phenoxy) is 2. The first-order valence-corrected chi connectivity index (χ1v) is 14.4. The minimum Gasteiger partial charge on any atom is -0.497 e. The van der Waals surface area contributed by atoms with Crippen molar-refractivity contribution in [2.75, 3.05) is 19.0 Å². The number of methoxy groups -OCH3 is 1. The van der Waals surface area contributed by atoms with E-state index in [4.69, 9.17) is 9.47 Å². The number of likely N-dealkylation sites (tertiary alicyclic amines) is 1. The number of fused-ring (bicyclic) bond motifs is 1. The normalized spacial score (nSPS) is 32.1. The second kappa shape index (κ2) is 10.7. The highest BCUT2D eigenvalue weighted by atomic mass is 16.5. The lowest BCUT2D eigenvalue weighted by molar-refractivity contribution is -0.141. The molecule has 3 amide bonds. The lowest BCUT2D eigenvalue weighted by Crippen LogP contribution is -2.57. The van der Waals surface area contributed by atoms with E-state index in [1.54, 1.807) is 36.3 Å². The molecule has 0 radical (unpaired) electrons. The van der Waals surface area contributed by atoms with Gasteiger partial charge in [-0.1, -0.05) is 68.3 Å². The first kappa shape index (κ1) is 26.6. The largest absolute Gasteiger partial charge is 0.497 e. The predicted octanol–water partition coefficient (Wildman–Crippen LogP) is 3.72. The summed E-state index contributed by atoms with van der Waals surface area (Å²) >= 11 is 0. The van der Waals surface area contributed by atoms with Gasteiger partial charge in [-0.25, -0.2) is 0 Å². The summed E-state index contributed by atoms with van der Waals surface area (Å²) in [5.74, 6) is -1.22. The van der Waals surface area contributed by atoms with Crippen molar-refractivity contribution in [3.63, 3.8) is 0 Å². The van der Waals surface area contributed by atoms with Gasteiger partial charge in [0, 0.05) is 24.3 Å². The van der Waals surface area contributed by atoms with E-state index in [2.05, 4.69) is 17.6 Å². The highest BCUT2D eigenvalue weighted by molar-refractivity contribution is 6.02. The van der Waals surface area contributed by atoms with Crippen LogP contribution in [0.4, 0.5) is 5.69 Å². The number of rotatable bonds is 8. The van der Waals surface area contributed by atoms with Gasteiger partial charge in [-0.2, -0.15) is 0 Å². The summed E-state index contributed by atoms with van der Waals surface area (Å²) in [6.07, 6.45) is 8.00. The lowest BCUT2D eigenvalue weighted by atomic mass is 9.74. The smallest absolute Gasteiger partial charge is 0.246 e. The van der Waals surface area contributed by atoms with E-state index in [1.165, 1.54) is 6.42 Å². The van der Waals surface area contributed by atoms with E-state index in [9.17, 15) is 14.4 Å². The Morgan fingerprint density at radius 3 is 2.65 bits per heavy atom. The standard InChI is InChI=1S/C32H37N3O5/c1-20-9-6-7-14-24(20)34-30(37)28-32-17-15-25(40-32)26(29(36)33-22-12-8-13-23(19-22)39-2)27(32)31(38)35(28)18-16-21-10-4-3-5-11-21/h3-5,8,10-13,15,17,19-20,24-28H,6-7,9,14,16,18H2,1-2H3,(H,33,36)(H,34,37). The van der Waals surface area contributed by atoms with E-state index in [-0.39, 0.29) is 23.8 Å². The number of nitrogens with one attached hydrogen (secondary N) is 2. The van der Waals surface area contributed by atoms with E-state index in [0.717, 1.165) is 24.8 Å². The van der Waals surface area contributed by atoms with Gasteiger partial charge in [-0.15, -0.1) is 0 Å². The van der Waals surface area contributed by atoms with E-state index < -0.39 is 29.6 Å². The second-order valence-corrected chi connectivity index (χ2v) is 11.6. The molecule has 7 unspecified atom stereocenters. The van der Waals surface area contributed by atoms with Crippen LogP contribution in [0.5, 0.6) is 5.75 Å². The third-order valence-electron chi connectivity index (χ3n) is 9.19. The van der Waals surface area contributed by atoms with Crippen molar-refractivity contribution >= 4 is 23.4 Å². The third kappa shape index (κ3) is 4.58. The molecule has 1 spiro atoms. The maximum Gasteiger partial charge on any atom is 0.246 e. The monoisotopic (exact) mass is 543 g/mol. The van der Waals surface area contributed by atoms with E-state index >= 15 is 0 Å². The van der Waals surface area contributed by atoms with Crippen molar-refractivity contribution in [2.24, 2.45) is 17.8 Å². The molecule has 8 heteroatoms. The minimum absolute atomic E-state index is 0.0671. The van der Waals surface area contributed by atoms with Crippen LogP contribution in [0, 0.1) is 17.8 Å². The number of amides is 3. The molecular weight excluding hydrogens is 506 g/mol. The molecule has 2 bridgehead atoms. The van der Waals surface area contributed by atoms with Crippen molar-refractivity contribution in [1.82, 2.24) is 10.2 Å². The van der Waals surface area contributed by atoms with Gasteiger partial charge in [0.15, 0.2) is 0 Å². The molecule has 3 fully saturated rings. The van der Waals surface area contributed by atoms with Crippen LogP contribution in [0.25, 0.3) is 0 Å². The van der Waals surface area contributed by atoms with Crippen LogP contribution in [0.3, 0.4) is 0 Å². The molecule has 2 N–H and O–H groups in total. The van der Waals surface area contributed by atoms with Gasteiger partial charge >= 0.3 is 0 Å². The SMILES string of the molecule is COc1cccc(NC(=O)C2C3C=CC4(O3)C2C(=O)N(CCc2ccccc2)C4C(=O)NC2CCCCC2C)c1. The fourth-order valence-corrected chi connectivity index (χ4v) is 7.12. The quantitative estimate of drug-likeness (QED) is 0.495. The van der Waals surface area contributed by atoms with Gasteiger partial charge in [-0.3, -0.25) is 14.4 Å². The first-order valence-electron chi connectivity index (χ1n) is 14.4. The molecule has 0 aromatic heterocycles. The number of hydrogen-bond donors (Lipinski definition) is 2. The third-order valence-corrected chi connectivity index (χ3v) is 9.19. The van der Waals surface area contributed by atoms with Crippen molar-refractivity contribution in [3.8, 4) is 5.75 Å². The summed E-state index contributed by atoms with van der Waals surface area (Å²) in [4.78, 5) is 43.6. The maximum absolute atomic E-state index is 14.2. The lowest BCUT2D eigenvalue weighted by Gasteiger charge is -2.36. The van der Waals surface area contributed by atoms with Crippen molar-refractivity contribution in [3.05, 3.63) is 72.3 Å². The minimum atomic E-state index is -1.17. The Bertz CT molecular complexity index is 1310. The van der Waals surface area contributed by atoms with Crippen LogP contribution in [-0.2, 0) is 25.5 Å². The fourth-order valence-electron chi connectivity index (χ4n) is 7.12. The Hall–Kier alpha value is -3.65. The highest BCUT2D eigenvalue weighted by Gasteiger charge is 2.72. The average Bonchev–Trinajstić information content (AvgIpc) is 3.61. The molecule has 6 rings (SSSR count).